The van der Waals surface area contributed by atoms with Crippen LogP contribution < -0.4 is 0 Å². The minimum absolute atomic E-state index is 0.0548. The summed E-state index contributed by atoms with van der Waals surface area (Å²) in [5, 5.41) is 28.4. The fourth-order valence-corrected chi connectivity index (χ4v) is 7.63. The monoisotopic (exact) mass is 664 g/mol. The highest BCUT2D eigenvalue weighted by atomic mass is 31.2. The Kier molecular flexibility index (Phi) is 27.7. The zero-order chi connectivity index (χ0) is 33.8. The van der Waals surface area contributed by atoms with Gasteiger partial charge in [0.25, 0.3) is 0 Å². The predicted octanol–water partition coefficient (Wildman–Crippen LogP) is 7.98. The lowest BCUT2D eigenvalue weighted by Crippen LogP contribution is -2.50. The molecule has 3 atom stereocenters. The van der Waals surface area contributed by atoms with Gasteiger partial charge in [0.1, 0.15) is 12.7 Å². The second-order valence-corrected chi connectivity index (χ2v) is 15.3. The minimum atomic E-state index is -4.13. The van der Waals surface area contributed by atoms with E-state index in [1.165, 1.54) is 89.9 Å². The van der Waals surface area contributed by atoms with Crippen molar-refractivity contribution in [2.75, 3.05) is 33.9 Å². The molecular weight excluding hydrogens is 593 g/mol. The van der Waals surface area contributed by atoms with E-state index in [4.69, 9.17) is 19.5 Å². The van der Waals surface area contributed by atoms with Crippen molar-refractivity contribution in [3.05, 3.63) is 12.2 Å². The summed E-state index contributed by atoms with van der Waals surface area (Å²) in [6, 6.07) is 0. The maximum Gasteiger partial charge on any atom is 0.385 e. The molecule has 0 heterocycles. The van der Waals surface area contributed by atoms with Crippen LogP contribution in [0.1, 0.15) is 155 Å². The van der Waals surface area contributed by atoms with Crippen molar-refractivity contribution in [3.63, 3.8) is 0 Å². The molecule has 0 spiro atoms. The Morgan fingerprint density at radius 3 is 1.67 bits per heavy atom. The Labute approximate surface area is 275 Å². The van der Waals surface area contributed by atoms with E-state index < -0.39 is 38.3 Å². The largest absolute Gasteiger partial charge is 0.463 e. The van der Waals surface area contributed by atoms with Gasteiger partial charge in [0.15, 0.2) is 12.1 Å². The molecule has 2 unspecified atom stereocenters. The second-order valence-electron chi connectivity index (χ2n) is 13.3. The number of rotatable bonds is 32. The molecule has 0 fully saturated rings. The van der Waals surface area contributed by atoms with E-state index in [0.29, 0.717) is 6.42 Å². The van der Waals surface area contributed by atoms with E-state index in [0.717, 1.165) is 32.1 Å². The molecule has 10 heteroatoms. The van der Waals surface area contributed by atoms with Gasteiger partial charge in [0.05, 0.1) is 27.2 Å². The molecule has 0 aliphatic rings. The number of quaternary nitrogens is 1. The van der Waals surface area contributed by atoms with Crippen molar-refractivity contribution in [1.29, 1.82) is 0 Å². The number of aliphatic hydroxyl groups is 3. The summed E-state index contributed by atoms with van der Waals surface area (Å²) >= 11 is 0. The number of esters is 1. The van der Waals surface area contributed by atoms with Gasteiger partial charge in [-0.15, -0.1) is 0 Å². The summed E-state index contributed by atoms with van der Waals surface area (Å²) in [5.41, 5.74) is 0. The minimum Gasteiger partial charge on any atom is -0.463 e. The Balaban J connectivity index is 3.75. The van der Waals surface area contributed by atoms with Crippen LogP contribution in [0, 0.1) is 0 Å². The van der Waals surface area contributed by atoms with Crippen LogP contribution in [0.3, 0.4) is 0 Å². The van der Waals surface area contributed by atoms with E-state index in [-0.39, 0.29) is 30.5 Å². The smallest absolute Gasteiger partial charge is 0.385 e. The molecule has 0 rings (SSSR count). The first kappa shape index (κ1) is 44.2. The second kappa shape index (κ2) is 28.2. The van der Waals surface area contributed by atoms with Gasteiger partial charge >= 0.3 is 13.6 Å². The summed E-state index contributed by atoms with van der Waals surface area (Å²) in [6.45, 7) is 3.56. The molecule has 0 aliphatic heterocycles. The third-order valence-electron chi connectivity index (χ3n) is 8.54. The summed E-state index contributed by atoms with van der Waals surface area (Å²) < 4.78 is 23.2. The Hall–Kier alpha value is -0.800. The average Bonchev–Trinajstić information content (AvgIpc) is 2.99. The number of allylic oxidation sites excluding steroid dienone is 2. The van der Waals surface area contributed by atoms with Gasteiger partial charge in [-0.3, -0.25) is 9.36 Å². The molecule has 0 amide bonds. The molecule has 0 radical (unpaired) electrons. The van der Waals surface area contributed by atoms with Gasteiger partial charge in [0.2, 0.25) is 0 Å². The lowest BCUT2D eigenvalue weighted by molar-refractivity contribution is -0.903. The maximum absolute atomic E-state index is 12.9. The highest BCUT2D eigenvalue weighted by Gasteiger charge is 2.43. The van der Waals surface area contributed by atoms with Crippen molar-refractivity contribution in [2.24, 2.45) is 0 Å². The Morgan fingerprint density at radius 2 is 1.20 bits per heavy atom. The van der Waals surface area contributed by atoms with Gasteiger partial charge in [-0.05, 0) is 32.1 Å². The van der Waals surface area contributed by atoms with E-state index in [9.17, 15) is 19.4 Å². The number of nitrogens with zero attached hydrogens (tertiary/aromatic N) is 1. The van der Waals surface area contributed by atoms with Crippen molar-refractivity contribution < 1.29 is 43.3 Å². The first-order chi connectivity index (χ1) is 21.5. The number of carbonyl (C=O) groups is 1. The molecule has 45 heavy (non-hydrogen) atoms. The Morgan fingerprint density at radius 1 is 0.733 bits per heavy atom. The van der Waals surface area contributed by atoms with Crippen LogP contribution in [0.15, 0.2) is 12.2 Å². The fraction of sp³-hybridized carbons (Fsp3) is 0.914. The number of carbonyl (C=O) groups excluding carboxylic acids is 1. The third-order valence-corrected chi connectivity index (χ3v) is 10.8. The van der Waals surface area contributed by atoms with Crippen LogP contribution in [-0.2, 0) is 18.6 Å². The van der Waals surface area contributed by atoms with Crippen molar-refractivity contribution in [2.45, 2.75) is 173 Å². The lowest BCUT2D eigenvalue weighted by Gasteiger charge is -2.39. The van der Waals surface area contributed by atoms with E-state index in [2.05, 4.69) is 19.1 Å². The summed E-state index contributed by atoms with van der Waals surface area (Å²) in [7, 11) is -0.688. The van der Waals surface area contributed by atoms with Crippen LogP contribution >= 0.6 is 7.60 Å². The standard InChI is InChI=1S/C35H70NO8P/c1-5-7-8-9-10-11-12-13-14-15-16-17-18-19-20-21-22-23-24-25-26-27-35(40)43-30-32(37)31-44-45(41,42)33(6-2)36(3,4)29-28-34(38)39/h18-19,32-34,37-39H,5-17,20-31H2,1-4H3/p+1/b19-18-/t32-,33?/m1/s1. The predicted molar refractivity (Wildman–Crippen MR) is 184 cm³/mol. The lowest BCUT2D eigenvalue weighted by atomic mass is 10.0. The molecule has 0 saturated heterocycles. The maximum atomic E-state index is 12.9. The number of aliphatic hydroxyl groups excluding tert-OH is 2. The molecule has 0 aliphatic carbocycles. The van der Waals surface area contributed by atoms with Crippen LogP contribution in [0.25, 0.3) is 0 Å². The van der Waals surface area contributed by atoms with Crippen LogP contribution in [-0.4, -0.2) is 82.7 Å². The first-order valence-corrected chi connectivity index (χ1v) is 19.7. The SMILES string of the molecule is CCCCCCCCCCCCC/C=C\CCCCCCCCC(=O)OC[C@@H](O)COP(=O)(O)C(CC)[N+](C)(C)CCC(O)O. The number of hydrogen-bond donors (Lipinski definition) is 4. The molecule has 9 nitrogen and oxygen atoms in total. The normalized spacial score (nSPS) is 15.0. The molecule has 0 saturated carbocycles. The quantitative estimate of drug-likeness (QED) is 0.0142. The van der Waals surface area contributed by atoms with Gasteiger partial charge in [-0.25, -0.2) is 0 Å². The molecule has 0 bridgehead atoms. The van der Waals surface area contributed by atoms with Gasteiger partial charge in [-0.1, -0.05) is 116 Å². The van der Waals surface area contributed by atoms with E-state index in [1.54, 1.807) is 21.0 Å². The van der Waals surface area contributed by atoms with Crippen LogP contribution in [0.2, 0.25) is 0 Å². The highest BCUT2D eigenvalue weighted by molar-refractivity contribution is 7.53. The summed E-state index contributed by atoms with van der Waals surface area (Å²) in [4.78, 5) is 22.5. The number of unbranched alkanes of at least 4 members (excludes halogenated alkanes) is 17. The van der Waals surface area contributed by atoms with E-state index in [1.807, 2.05) is 0 Å². The third kappa shape index (κ3) is 25.9. The van der Waals surface area contributed by atoms with Gasteiger partial charge in [-0.2, -0.15) is 0 Å². The van der Waals surface area contributed by atoms with E-state index >= 15 is 0 Å². The average molecular weight is 665 g/mol. The molecule has 0 aromatic rings. The van der Waals surface area contributed by atoms with Crippen molar-refractivity contribution in [1.82, 2.24) is 0 Å². The number of hydrogen-bond acceptors (Lipinski definition) is 7. The first-order valence-electron chi connectivity index (χ1n) is 18.1. The van der Waals surface area contributed by atoms with Crippen LogP contribution in [0.5, 0.6) is 0 Å². The summed E-state index contributed by atoms with van der Waals surface area (Å²) in [6.07, 6.45) is 26.6. The highest BCUT2D eigenvalue weighted by Crippen LogP contribution is 2.52. The Bertz CT molecular complexity index is 777. The fourth-order valence-electron chi connectivity index (χ4n) is 5.71. The van der Waals surface area contributed by atoms with Crippen molar-refractivity contribution >= 4 is 13.6 Å². The number of ether oxygens (including phenoxy) is 1. The summed E-state index contributed by atoms with van der Waals surface area (Å²) in [5.74, 6) is -1.19. The topological polar surface area (TPSA) is 134 Å². The van der Waals surface area contributed by atoms with Crippen LogP contribution in [0.4, 0.5) is 0 Å². The molecule has 268 valence electrons. The zero-order valence-corrected chi connectivity index (χ0v) is 30.3. The molecule has 4 N–H and O–H groups in total. The molecule has 0 aromatic carbocycles. The van der Waals surface area contributed by atoms with Crippen molar-refractivity contribution in [3.8, 4) is 0 Å². The molecular formula is C35H71NO8P+. The molecule has 0 aromatic heterocycles. The van der Waals surface area contributed by atoms with Gasteiger partial charge in [0, 0.05) is 19.3 Å². The van der Waals surface area contributed by atoms with Gasteiger partial charge < -0.3 is 34.0 Å². The zero-order valence-electron chi connectivity index (χ0n) is 29.4.